The molecule has 294 valence electrons. The maximum Gasteiger partial charge on any atom is 0.344 e. The van der Waals surface area contributed by atoms with Crippen LogP contribution in [0.2, 0.25) is 0 Å². The Morgan fingerprint density at radius 1 is 1.25 bits per heavy atom. The minimum Gasteiger partial charge on any atom is -0.492 e. The van der Waals surface area contributed by atoms with Crippen molar-refractivity contribution in [3.63, 3.8) is 0 Å². The molecule has 1 amide bonds. The highest BCUT2D eigenvalue weighted by atomic mass is 35.5. The Balaban J connectivity index is 1.25. The zero-order valence-corrected chi connectivity index (χ0v) is 32.8. The lowest BCUT2D eigenvalue weighted by atomic mass is 9.92. The number of piperazine rings is 1. The van der Waals surface area contributed by atoms with Gasteiger partial charge in [-0.2, -0.15) is 0 Å². The number of anilines is 1. The smallest absolute Gasteiger partial charge is 0.344 e. The Morgan fingerprint density at radius 2 is 1.98 bits per heavy atom. The van der Waals surface area contributed by atoms with Crippen LogP contribution in [0.5, 0.6) is 5.75 Å². The molecule has 4 aliphatic rings. The highest BCUT2D eigenvalue weighted by Gasteiger charge is 2.51. The SMILES string of the molecule is CCCC1CC(C(=O)N[C@H](C(C)Cl)[C@H]2O[C@H](SC)[C@H](OC(=O)c3cn(C4CC4)c4c(OC)c(N5CCNC(C)C5)c(F)cc4c3=O)[C@@H](O)[C@H]2O)N(C)C1. The summed E-state index contributed by atoms with van der Waals surface area (Å²) in [6.07, 6.45) is 1.64. The van der Waals surface area contributed by atoms with Crippen LogP contribution in [0.4, 0.5) is 10.1 Å². The van der Waals surface area contributed by atoms with Crippen molar-refractivity contribution in [2.75, 3.05) is 51.5 Å². The summed E-state index contributed by atoms with van der Waals surface area (Å²) in [4.78, 5) is 45.3. The van der Waals surface area contributed by atoms with Crippen LogP contribution in [-0.4, -0.2) is 132 Å². The van der Waals surface area contributed by atoms with E-state index in [1.807, 2.05) is 23.8 Å². The number of likely N-dealkylation sites (N-methyl/N-ethyl adjacent to an activating group) is 1. The molecule has 4 heterocycles. The summed E-state index contributed by atoms with van der Waals surface area (Å²) in [5, 5.41) is 28.4. The average Bonchev–Trinajstić information content (AvgIpc) is 3.90. The number of halogens is 2. The number of amides is 1. The van der Waals surface area contributed by atoms with E-state index >= 15 is 4.39 Å². The number of methoxy groups -OCH3 is 1. The van der Waals surface area contributed by atoms with Crippen molar-refractivity contribution in [3.05, 3.63) is 33.9 Å². The van der Waals surface area contributed by atoms with Crippen LogP contribution in [0.1, 0.15) is 69.3 Å². The van der Waals surface area contributed by atoms with E-state index in [1.165, 1.54) is 13.3 Å². The molecule has 53 heavy (non-hydrogen) atoms. The van der Waals surface area contributed by atoms with Crippen LogP contribution in [-0.2, 0) is 14.3 Å². The lowest BCUT2D eigenvalue weighted by Crippen LogP contribution is -2.65. The molecule has 0 bridgehead atoms. The summed E-state index contributed by atoms with van der Waals surface area (Å²) in [7, 11) is 3.35. The first kappa shape index (κ1) is 40.0. The number of aromatic nitrogens is 1. The predicted octanol–water partition coefficient (Wildman–Crippen LogP) is 2.85. The molecule has 13 nitrogen and oxygen atoms in total. The third-order valence-corrected chi connectivity index (χ3v) is 12.2. The van der Waals surface area contributed by atoms with E-state index in [0.29, 0.717) is 37.5 Å². The Kier molecular flexibility index (Phi) is 12.5. The van der Waals surface area contributed by atoms with Crippen LogP contribution in [0.25, 0.3) is 10.9 Å². The van der Waals surface area contributed by atoms with Crippen molar-refractivity contribution < 1.29 is 38.4 Å². The zero-order valence-electron chi connectivity index (χ0n) is 31.2. The van der Waals surface area contributed by atoms with Gasteiger partial charge in [-0.05, 0) is 64.8 Å². The van der Waals surface area contributed by atoms with Crippen molar-refractivity contribution in [1.29, 1.82) is 0 Å². The van der Waals surface area contributed by atoms with Gasteiger partial charge in [0.25, 0.3) is 0 Å². The number of aliphatic hydroxyl groups is 2. The van der Waals surface area contributed by atoms with E-state index in [0.717, 1.165) is 50.1 Å². The van der Waals surface area contributed by atoms with Gasteiger partial charge in [-0.15, -0.1) is 23.4 Å². The molecule has 4 unspecified atom stereocenters. The number of ether oxygens (including phenoxy) is 3. The molecular weight excluding hydrogens is 729 g/mol. The van der Waals surface area contributed by atoms with E-state index in [2.05, 4.69) is 17.6 Å². The number of hydrogen-bond donors (Lipinski definition) is 4. The second-order valence-electron chi connectivity index (χ2n) is 15.1. The number of pyridine rings is 1. The van der Waals surface area contributed by atoms with E-state index < -0.39 is 58.5 Å². The molecular formula is C37H53ClFN5O8S. The summed E-state index contributed by atoms with van der Waals surface area (Å²) in [5.74, 6) is -1.31. The third kappa shape index (κ3) is 8.03. The second-order valence-corrected chi connectivity index (χ2v) is 16.7. The first-order valence-corrected chi connectivity index (χ1v) is 20.4. The van der Waals surface area contributed by atoms with Gasteiger partial charge in [0.05, 0.1) is 35.5 Å². The third-order valence-electron chi connectivity index (χ3n) is 11.1. The molecule has 6 rings (SSSR count). The summed E-state index contributed by atoms with van der Waals surface area (Å²) in [6, 6.07) is -0.0264. The van der Waals surface area contributed by atoms with Crippen LogP contribution in [0.3, 0.4) is 0 Å². The van der Waals surface area contributed by atoms with E-state index in [-0.39, 0.29) is 46.4 Å². The minimum absolute atomic E-state index is 0.0294. The minimum atomic E-state index is -1.65. The highest BCUT2D eigenvalue weighted by Crippen LogP contribution is 2.44. The molecule has 16 heteroatoms. The van der Waals surface area contributed by atoms with Crippen molar-refractivity contribution in [1.82, 2.24) is 20.1 Å². The number of nitrogens with zero attached hydrogens (tertiary/aromatic N) is 3. The maximum atomic E-state index is 16.0. The average molecular weight is 782 g/mol. The quantitative estimate of drug-likeness (QED) is 0.185. The van der Waals surface area contributed by atoms with Crippen LogP contribution in [0.15, 0.2) is 17.1 Å². The number of hydrogen-bond acceptors (Lipinski definition) is 12. The maximum absolute atomic E-state index is 16.0. The summed E-state index contributed by atoms with van der Waals surface area (Å²) >= 11 is 7.71. The van der Waals surface area contributed by atoms with Crippen molar-refractivity contribution in [2.45, 2.75) is 112 Å². The first-order valence-electron chi connectivity index (χ1n) is 18.6. The number of thioether (sulfide) groups is 1. The van der Waals surface area contributed by atoms with Gasteiger partial charge in [-0.1, -0.05) is 13.3 Å². The molecule has 1 aromatic heterocycles. The molecule has 1 saturated carbocycles. The summed E-state index contributed by atoms with van der Waals surface area (Å²) < 4.78 is 35.6. The first-order chi connectivity index (χ1) is 25.3. The molecule has 3 saturated heterocycles. The number of benzene rings is 1. The van der Waals surface area contributed by atoms with Crippen molar-refractivity contribution in [2.24, 2.45) is 5.92 Å². The van der Waals surface area contributed by atoms with E-state index in [1.54, 1.807) is 17.7 Å². The molecule has 0 spiro atoms. The number of alkyl halides is 1. The molecule has 3 aliphatic heterocycles. The topological polar surface area (TPSA) is 155 Å². The van der Waals surface area contributed by atoms with E-state index in [4.69, 9.17) is 25.8 Å². The Hall–Kier alpha value is -2.66. The van der Waals surface area contributed by atoms with E-state index in [9.17, 15) is 24.6 Å². The van der Waals surface area contributed by atoms with Gasteiger partial charge < -0.3 is 44.5 Å². The van der Waals surface area contributed by atoms with Crippen molar-refractivity contribution in [3.8, 4) is 5.75 Å². The lowest BCUT2D eigenvalue weighted by molar-refractivity contribution is -0.205. The number of fused-ring (bicyclic) bond motifs is 1. The fraction of sp³-hybridized carbons (Fsp3) is 0.703. The van der Waals surface area contributed by atoms with Gasteiger partial charge in [-0.25, -0.2) is 9.18 Å². The van der Waals surface area contributed by atoms with Gasteiger partial charge in [0.1, 0.15) is 35.0 Å². The number of aliphatic hydroxyl groups excluding tert-OH is 2. The number of carbonyl (C=O) groups excluding carboxylic acids is 2. The van der Waals surface area contributed by atoms with Gasteiger partial charge in [-0.3, -0.25) is 14.5 Å². The number of rotatable bonds is 12. The predicted molar refractivity (Wildman–Crippen MR) is 203 cm³/mol. The van der Waals surface area contributed by atoms with Crippen LogP contribution < -0.4 is 25.7 Å². The largest absolute Gasteiger partial charge is 0.492 e. The molecule has 4 N–H and O–H groups in total. The van der Waals surface area contributed by atoms with Gasteiger partial charge >= 0.3 is 5.97 Å². The Bertz CT molecular complexity index is 1730. The van der Waals surface area contributed by atoms with Gasteiger partial charge in [0.15, 0.2) is 17.7 Å². The summed E-state index contributed by atoms with van der Waals surface area (Å²) in [5.41, 5.74) is -1.43. The molecule has 10 atom stereocenters. The molecule has 1 aliphatic carbocycles. The fourth-order valence-corrected chi connectivity index (χ4v) is 9.19. The molecule has 0 radical (unpaired) electrons. The number of nitrogens with one attached hydrogen (secondary N) is 2. The zero-order chi connectivity index (χ0) is 38.3. The molecule has 2 aromatic rings. The van der Waals surface area contributed by atoms with Crippen LogP contribution >= 0.6 is 23.4 Å². The normalized spacial score (nSPS) is 30.6. The van der Waals surface area contributed by atoms with Gasteiger partial charge in [0.2, 0.25) is 11.3 Å². The number of esters is 1. The Morgan fingerprint density at radius 3 is 2.60 bits per heavy atom. The summed E-state index contributed by atoms with van der Waals surface area (Å²) in [6.45, 7) is 8.35. The standard InChI is InChI=1S/C37H53ClFN5O8S/c1-7-8-20-13-25(42(4)16-20)35(48)41-26(19(3)38)32-30(46)31(47)34(37(52-32)53-6)51-36(49)23-17-44(21-9-10-21)27-22(29(23)45)14-24(39)28(33(27)50-5)43-12-11-40-18(2)15-43/h14,17-21,25-26,30-32,34,37,40,46-47H,7-13,15-16H2,1-6H3,(H,41,48)/t18?,19?,20?,25?,26-,30-,31+,32-,34-,37-/m1/s1. The lowest BCUT2D eigenvalue weighted by Gasteiger charge is -2.45. The molecule has 4 fully saturated rings. The second kappa shape index (κ2) is 16.6. The van der Waals surface area contributed by atoms with Crippen molar-refractivity contribution >= 4 is 51.8 Å². The van der Waals surface area contributed by atoms with Crippen LogP contribution in [0, 0.1) is 11.7 Å². The number of likely N-dealkylation sites (tertiary alicyclic amines) is 1. The highest BCUT2D eigenvalue weighted by molar-refractivity contribution is 7.99. The monoisotopic (exact) mass is 781 g/mol. The molecule has 1 aromatic carbocycles. The Labute approximate surface area is 318 Å². The fourth-order valence-electron chi connectivity index (χ4n) is 8.26. The number of carbonyl (C=O) groups is 2. The van der Waals surface area contributed by atoms with Gasteiger partial charge in [0, 0.05) is 44.5 Å².